The Bertz CT molecular complexity index is 812. The monoisotopic (exact) mass is 397 g/mol. The van der Waals surface area contributed by atoms with Crippen molar-refractivity contribution in [2.75, 3.05) is 20.3 Å². The third-order valence-corrected chi connectivity index (χ3v) is 4.24. The van der Waals surface area contributed by atoms with Crippen LogP contribution in [0.15, 0.2) is 54.6 Å². The fourth-order valence-electron chi connectivity index (χ4n) is 2.54. The molecule has 1 amide bonds. The molecule has 0 aliphatic rings. The van der Waals surface area contributed by atoms with Crippen LogP contribution in [0.5, 0.6) is 17.2 Å². The molecule has 2 rings (SSSR count). The van der Waals surface area contributed by atoms with Crippen LogP contribution < -0.4 is 19.5 Å². The molecule has 5 nitrogen and oxygen atoms in total. The van der Waals surface area contributed by atoms with E-state index in [9.17, 15) is 4.79 Å². The van der Waals surface area contributed by atoms with Gasteiger partial charge in [-0.25, -0.2) is 0 Å². The summed E-state index contributed by atoms with van der Waals surface area (Å²) in [4.78, 5) is 12.4. The lowest BCUT2D eigenvalue weighted by Gasteiger charge is -2.13. The minimum Gasteiger partial charge on any atom is -0.493 e. The quantitative estimate of drug-likeness (QED) is 0.542. The van der Waals surface area contributed by atoms with Crippen molar-refractivity contribution in [2.45, 2.75) is 33.7 Å². The Labute approximate surface area is 173 Å². The van der Waals surface area contributed by atoms with E-state index in [1.54, 1.807) is 31.4 Å². The summed E-state index contributed by atoms with van der Waals surface area (Å²) in [6, 6.07) is 12.8. The average molecular weight is 398 g/mol. The fraction of sp³-hybridized carbons (Fsp3) is 0.375. The lowest BCUT2D eigenvalue weighted by Crippen LogP contribution is -2.22. The van der Waals surface area contributed by atoms with Crippen LogP contribution in [-0.4, -0.2) is 26.2 Å². The Balaban J connectivity index is 1.91. The van der Waals surface area contributed by atoms with Crippen LogP contribution in [0.3, 0.4) is 0 Å². The minimum atomic E-state index is -0.146. The van der Waals surface area contributed by atoms with Crippen molar-refractivity contribution >= 4 is 5.91 Å². The minimum absolute atomic E-state index is 0.146. The number of amides is 1. The smallest absolute Gasteiger partial charge is 0.251 e. The molecule has 2 aromatic rings. The number of carbonyl (C=O) groups is 1. The fourth-order valence-corrected chi connectivity index (χ4v) is 2.54. The summed E-state index contributed by atoms with van der Waals surface area (Å²) in [5.41, 5.74) is 2.46. The Morgan fingerprint density at radius 3 is 2.41 bits per heavy atom. The molecule has 0 radical (unpaired) electrons. The van der Waals surface area contributed by atoms with Gasteiger partial charge in [0.15, 0.2) is 11.5 Å². The number of ether oxygens (including phenoxy) is 3. The SMILES string of the molecule is C=C(C)COc1ccc(C(=O)NCc2ccc(OCCC(C)C)c(OC)c2)cc1. The van der Waals surface area contributed by atoms with E-state index in [-0.39, 0.29) is 5.91 Å². The van der Waals surface area contributed by atoms with Gasteiger partial charge in [0.25, 0.3) is 5.91 Å². The van der Waals surface area contributed by atoms with Gasteiger partial charge < -0.3 is 19.5 Å². The second-order valence-electron chi connectivity index (χ2n) is 7.47. The molecule has 156 valence electrons. The number of hydrogen-bond donors (Lipinski definition) is 1. The maximum absolute atomic E-state index is 12.4. The third-order valence-electron chi connectivity index (χ3n) is 4.24. The maximum atomic E-state index is 12.4. The second kappa shape index (κ2) is 11.1. The van der Waals surface area contributed by atoms with Crippen molar-refractivity contribution < 1.29 is 19.0 Å². The highest BCUT2D eigenvalue weighted by molar-refractivity contribution is 5.94. The van der Waals surface area contributed by atoms with Gasteiger partial charge in [-0.2, -0.15) is 0 Å². The predicted molar refractivity (Wildman–Crippen MR) is 116 cm³/mol. The van der Waals surface area contributed by atoms with Crippen LogP contribution in [-0.2, 0) is 6.54 Å². The van der Waals surface area contributed by atoms with Crippen LogP contribution in [0.4, 0.5) is 0 Å². The Kier molecular flexibility index (Phi) is 8.59. The van der Waals surface area contributed by atoms with Crippen molar-refractivity contribution in [3.63, 3.8) is 0 Å². The number of nitrogens with one attached hydrogen (secondary N) is 1. The largest absolute Gasteiger partial charge is 0.493 e. The second-order valence-corrected chi connectivity index (χ2v) is 7.47. The van der Waals surface area contributed by atoms with E-state index in [1.165, 1.54) is 0 Å². The summed E-state index contributed by atoms with van der Waals surface area (Å²) in [6.45, 7) is 11.5. The lowest BCUT2D eigenvalue weighted by atomic mass is 10.1. The number of hydrogen-bond acceptors (Lipinski definition) is 4. The van der Waals surface area contributed by atoms with Gasteiger partial charge >= 0.3 is 0 Å². The molecule has 0 heterocycles. The van der Waals surface area contributed by atoms with Crippen LogP contribution in [0.1, 0.15) is 43.1 Å². The summed E-state index contributed by atoms with van der Waals surface area (Å²) >= 11 is 0. The predicted octanol–water partition coefficient (Wildman–Crippen LogP) is 5.01. The van der Waals surface area contributed by atoms with Gasteiger partial charge in [-0.05, 0) is 66.8 Å². The topological polar surface area (TPSA) is 56.8 Å². The van der Waals surface area contributed by atoms with Gasteiger partial charge in [-0.3, -0.25) is 4.79 Å². The van der Waals surface area contributed by atoms with Crippen molar-refractivity contribution in [1.82, 2.24) is 5.32 Å². The summed E-state index contributed by atoms with van der Waals surface area (Å²) in [5, 5.41) is 2.92. The Morgan fingerprint density at radius 2 is 1.79 bits per heavy atom. The zero-order valence-corrected chi connectivity index (χ0v) is 17.8. The number of rotatable bonds is 11. The van der Waals surface area contributed by atoms with E-state index in [4.69, 9.17) is 14.2 Å². The van der Waals surface area contributed by atoms with Gasteiger partial charge in [-0.15, -0.1) is 0 Å². The van der Waals surface area contributed by atoms with Gasteiger partial charge in [0, 0.05) is 12.1 Å². The molecule has 0 aliphatic heterocycles. The molecule has 0 saturated heterocycles. The zero-order chi connectivity index (χ0) is 21.2. The number of methoxy groups -OCH3 is 1. The summed E-state index contributed by atoms with van der Waals surface area (Å²) < 4.78 is 16.8. The molecule has 2 aromatic carbocycles. The molecule has 0 spiro atoms. The molecule has 0 saturated carbocycles. The number of carbonyl (C=O) groups excluding carboxylic acids is 1. The lowest BCUT2D eigenvalue weighted by molar-refractivity contribution is 0.0951. The molecule has 5 heteroatoms. The highest BCUT2D eigenvalue weighted by atomic mass is 16.5. The van der Waals surface area contributed by atoms with Crippen molar-refractivity contribution in [1.29, 1.82) is 0 Å². The van der Waals surface area contributed by atoms with Crippen molar-refractivity contribution in [3.05, 3.63) is 65.7 Å². The van der Waals surface area contributed by atoms with Crippen molar-refractivity contribution in [3.8, 4) is 17.2 Å². The van der Waals surface area contributed by atoms with E-state index < -0.39 is 0 Å². The first-order chi connectivity index (χ1) is 13.9. The van der Waals surface area contributed by atoms with Gasteiger partial charge in [0.05, 0.1) is 13.7 Å². The molecule has 0 unspecified atom stereocenters. The normalized spacial score (nSPS) is 10.5. The van der Waals surface area contributed by atoms with Crippen LogP contribution in [0.2, 0.25) is 0 Å². The molecule has 29 heavy (non-hydrogen) atoms. The van der Waals surface area contributed by atoms with Crippen LogP contribution >= 0.6 is 0 Å². The molecule has 0 atom stereocenters. The van der Waals surface area contributed by atoms with Crippen LogP contribution in [0.25, 0.3) is 0 Å². The van der Waals surface area contributed by atoms with E-state index in [0.717, 1.165) is 17.6 Å². The molecule has 0 aromatic heterocycles. The van der Waals surface area contributed by atoms with E-state index >= 15 is 0 Å². The van der Waals surface area contributed by atoms with Gasteiger partial charge in [-0.1, -0.05) is 26.5 Å². The first kappa shape index (κ1) is 22.3. The van der Waals surface area contributed by atoms with E-state index in [2.05, 4.69) is 25.7 Å². The first-order valence-corrected chi connectivity index (χ1v) is 9.84. The molecule has 0 fully saturated rings. The highest BCUT2D eigenvalue weighted by Gasteiger charge is 2.09. The Hall–Kier alpha value is -2.95. The first-order valence-electron chi connectivity index (χ1n) is 9.84. The van der Waals surface area contributed by atoms with E-state index in [1.807, 2.05) is 25.1 Å². The summed E-state index contributed by atoms with van der Waals surface area (Å²) in [7, 11) is 1.62. The standard InChI is InChI=1S/C24H31NO4/c1-17(2)12-13-28-22-11-6-19(14-23(22)27-5)15-25-24(26)20-7-9-21(10-8-20)29-16-18(3)4/h6-11,14,17H,3,12-13,15-16H2,1-2,4-5H3,(H,25,26). The van der Waals surface area contributed by atoms with Gasteiger partial charge in [0.1, 0.15) is 12.4 Å². The highest BCUT2D eigenvalue weighted by Crippen LogP contribution is 2.28. The zero-order valence-electron chi connectivity index (χ0n) is 17.8. The molecule has 0 bridgehead atoms. The Morgan fingerprint density at radius 1 is 1.07 bits per heavy atom. The van der Waals surface area contributed by atoms with Crippen LogP contribution in [0, 0.1) is 5.92 Å². The van der Waals surface area contributed by atoms with Crippen molar-refractivity contribution in [2.24, 2.45) is 5.92 Å². The molecule has 1 N–H and O–H groups in total. The molecular weight excluding hydrogens is 366 g/mol. The summed E-state index contributed by atoms with van der Waals surface area (Å²) in [5.74, 6) is 2.53. The van der Waals surface area contributed by atoms with E-state index in [0.29, 0.717) is 48.5 Å². The summed E-state index contributed by atoms with van der Waals surface area (Å²) in [6.07, 6.45) is 0.984. The molecule has 0 aliphatic carbocycles. The number of benzene rings is 2. The maximum Gasteiger partial charge on any atom is 0.251 e. The third kappa shape index (κ3) is 7.53. The van der Waals surface area contributed by atoms with Gasteiger partial charge in [0.2, 0.25) is 0 Å². The average Bonchev–Trinajstić information content (AvgIpc) is 2.71. The molecular formula is C24H31NO4.